The van der Waals surface area contributed by atoms with Crippen LogP contribution in [-0.4, -0.2) is 79.6 Å². The first-order valence-corrected chi connectivity index (χ1v) is 14.1. The molecule has 1 saturated heterocycles. The van der Waals surface area contributed by atoms with Crippen molar-refractivity contribution in [1.82, 2.24) is 9.80 Å². The lowest BCUT2D eigenvalue weighted by Crippen LogP contribution is -2.50. The van der Waals surface area contributed by atoms with E-state index in [2.05, 4.69) is 10.2 Å². The maximum atomic E-state index is 15.8. The summed E-state index contributed by atoms with van der Waals surface area (Å²) in [6.07, 6.45) is -5.89. The average molecular weight is 629 g/mol. The first-order chi connectivity index (χ1) is 20.6. The first-order valence-electron chi connectivity index (χ1n) is 14.1. The van der Waals surface area contributed by atoms with E-state index in [0.29, 0.717) is 31.6 Å². The SMILES string of the molecule is C[C@H]1CN(c2cc(F)c(C3=CCCN(C(=O)OC4CC(F)(F)C4)C3)cc2NC(=O)c2ccc(F)cc2C(F)(F)F)CCN1C. The number of benzene rings is 2. The fraction of sp³-hybridized carbons (Fsp3) is 0.467. The summed E-state index contributed by atoms with van der Waals surface area (Å²) in [7, 11) is 1.92. The van der Waals surface area contributed by atoms with Gasteiger partial charge in [0.1, 0.15) is 17.7 Å². The number of nitrogens with one attached hydrogen (secondary N) is 1. The van der Waals surface area contributed by atoms with E-state index >= 15 is 4.39 Å². The highest BCUT2D eigenvalue weighted by Gasteiger charge is 2.48. The summed E-state index contributed by atoms with van der Waals surface area (Å²) in [6.45, 7) is 3.52. The molecule has 3 aliphatic rings. The van der Waals surface area contributed by atoms with Crippen LogP contribution in [0.25, 0.3) is 5.57 Å². The van der Waals surface area contributed by atoms with Crippen molar-refractivity contribution in [2.75, 3.05) is 50.0 Å². The Morgan fingerprint density at radius 2 is 1.77 bits per heavy atom. The number of nitrogens with zero attached hydrogens (tertiary/aromatic N) is 3. The molecule has 2 aromatic rings. The van der Waals surface area contributed by atoms with Crippen LogP contribution in [0, 0.1) is 11.6 Å². The molecular formula is C30H31F7N4O3. The minimum atomic E-state index is -5.02. The molecule has 2 amide bonds. The fourth-order valence-electron chi connectivity index (χ4n) is 5.58. The lowest BCUT2D eigenvalue weighted by molar-refractivity contribution is -0.147. The van der Waals surface area contributed by atoms with Gasteiger partial charge in [-0.15, -0.1) is 0 Å². The molecule has 1 atom stereocenters. The lowest BCUT2D eigenvalue weighted by Gasteiger charge is -2.40. The van der Waals surface area contributed by atoms with Crippen LogP contribution in [0.3, 0.4) is 0 Å². The first kappa shape index (κ1) is 31.6. The molecule has 1 aliphatic carbocycles. The lowest BCUT2D eigenvalue weighted by atomic mass is 9.91. The minimum Gasteiger partial charge on any atom is -0.446 e. The molecule has 2 aliphatic heterocycles. The van der Waals surface area contributed by atoms with Gasteiger partial charge in [0.05, 0.1) is 22.5 Å². The summed E-state index contributed by atoms with van der Waals surface area (Å²) in [5.41, 5.74) is -1.66. The van der Waals surface area contributed by atoms with Gasteiger partial charge in [-0.05, 0) is 56.3 Å². The highest BCUT2D eigenvalue weighted by atomic mass is 19.4. The van der Waals surface area contributed by atoms with E-state index in [1.165, 1.54) is 17.0 Å². The second-order valence-electron chi connectivity index (χ2n) is 11.5. The average Bonchev–Trinajstić information content (AvgIpc) is 2.93. The Hall–Kier alpha value is -3.81. The van der Waals surface area contributed by atoms with E-state index in [-0.39, 0.29) is 42.1 Å². The molecule has 2 fully saturated rings. The molecule has 44 heavy (non-hydrogen) atoms. The number of rotatable bonds is 5. The van der Waals surface area contributed by atoms with Crippen molar-refractivity contribution in [1.29, 1.82) is 0 Å². The summed E-state index contributed by atoms with van der Waals surface area (Å²) < 4.78 is 102. The number of ether oxygens (including phenoxy) is 1. The van der Waals surface area contributed by atoms with Crippen LogP contribution in [0.5, 0.6) is 0 Å². The van der Waals surface area contributed by atoms with E-state index in [1.54, 1.807) is 6.08 Å². The van der Waals surface area contributed by atoms with Gasteiger partial charge in [0.15, 0.2) is 0 Å². The van der Waals surface area contributed by atoms with Crippen molar-refractivity contribution in [3.63, 3.8) is 0 Å². The maximum absolute atomic E-state index is 15.8. The third-order valence-electron chi connectivity index (χ3n) is 8.24. The normalized spacial score (nSPS) is 21.0. The molecule has 0 unspecified atom stereocenters. The monoisotopic (exact) mass is 628 g/mol. The molecule has 7 nitrogen and oxygen atoms in total. The van der Waals surface area contributed by atoms with Gasteiger partial charge in [0.25, 0.3) is 11.8 Å². The summed E-state index contributed by atoms with van der Waals surface area (Å²) in [6, 6.07) is 4.25. The molecule has 2 heterocycles. The van der Waals surface area contributed by atoms with Crippen molar-refractivity contribution in [2.24, 2.45) is 0 Å². The number of halogens is 7. The largest absolute Gasteiger partial charge is 0.446 e. The Morgan fingerprint density at radius 1 is 1.05 bits per heavy atom. The number of likely N-dealkylation sites (N-methyl/N-ethyl adjacent to an activating group) is 1. The molecule has 2 aromatic carbocycles. The third-order valence-corrected chi connectivity index (χ3v) is 8.24. The topological polar surface area (TPSA) is 65.1 Å². The van der Waals surface area contributed by atoms with Gasteiger partial charge < -0.3 is 24.8 Å². The number of piperazine rings is 1. The molecule has 1 N–H and O–H groups in total. The third kappa shape index (κ3) is 6.79. The maximum Gasteiger partial charge on any atom is 0.417 e. The summed E-state index contributed by atoms with van der Waals surface area (Å²) in [5.74, 6) is -5.90. The number of amides is 2. The smallest absolute Gasteiger partial charge is 0.417 e. The zero-order chi connectivity index (χ0) is 32.0. The number of hydrogen-bond acceptors (Lipinski definition) is 5. The van der Waals surface area contributed by atoms with Gasteiger partial charge in [0, 0.05) is 57.2 Å². The van der Waals surface area contributed by atoms with Gasteiger partial charge >= 0.3 is 12.3 Å². The van der Waals surface area contributed by atoms with E-state index in [0.717, 1.165) is 12.1 Å². The van der Waals surface area contributed by atoms with Gasteiger partial charge in [-0.1, -0.05) is 6.08 Å². The van der Waals surface area contributed by atoms with E-state index in [4.69, 9.17) is 4.74 Å². The Bertz CT molecular complexity index is 1470. The van der Waals surface area contributed by atoms with Crippen molar-refractivity contribution in [3.05, 3.63) is 64.7 Å². The number of anilines is 2. The zero-order valence-electron chi connectivity index (χ0n) is 24.0. The Morgan fingerprint density at radius 3 is 2.43 bits per heavy atom. The van der Waals surface area contributed by atoms with Crippen LogP contribution < -0.4 is 10.2 Å². The van der Waals surface area contributed by atoms with Crippen LogP contribution in [-0.2, 0) is 10.9 Å². The van der Waals surface area contributed by atoms with Crippen LogP contribution in [0.2, 0.25) is 0 Å². The van der Waals surface area contributed by atoms with Gasteiger partial charge in [-0.25, -0.2) is 22.4 Å². The number of alkyl halides is 5. The quantitative estimate of drug-likeness (QED) is 0.389. The molecule has 0 bridgehead atoms. The molecule has 5 rings (SSSR count). The van der Waals surface area contributed by atoms with Gasteiger partial charge in [0.2, 0.25) is 0 Å². The van der Waals surface area contributed by atoms with Gasteiger partial charge in [-0.2, -0.15) is 13.2 Å². The molecule has 1 saturated carbocycles. The highest BCUT2D eigenvalue weighted by molar-refractivity contribution is 6.07. The number of carbonyl (C=O) groups is 2. The fourth-order valence-corrected chi connectivity index (χ4v) is 5.58. The standard InChI is InChI=1S/C30H31F7N4O3/c1-17-15-40(9-8-39(17)2)26-12-24(32)22(18-4-3-7-41(16-18)28(43)44-20-13-29(33,34)14-20)11-25(26)38-27(42)21-6-5-19(31)10-23(21)30(35,36)37/h4-6,10-12,17,20H,3,7-9,13-16H2,1-2H3,(H,38,42)/t17-/m0/s1. The molecule has 238 valence electrons. The second-order valence-corrected chi connectivity index (χ2v) is 11.5. The Kier molecular flexibility index (Phi) is 8.58. The predicted octanol–water partition coefficient (Wildman–Crippen LogP) is 6.40. The van der Waals surface area contributed by atoms with Crippen LogP contribution in [0.4, 0.5) is 46.9 Å². The number of hydrogen-bond donors (Lipinski definition) is 1. The predicted molar refractivity (Wildman–Crippen MR) is 149 cm³/mol. The van der Waals surface area contributed by atoms with Gasteiger partial charge in [-0.3, -0.25) is 4.79 Å². The van der Waals surface area contributed by atoms with E-state index in [9.17, 15) is 35.9 Å². The summed E-state index contributed by atoms with van der Waals surface area (Å²) in [4.78, 5) is 31.1. The van der Waals surface area contributed by atoms with Crippen molar-refractivity contribution in [2.45, 2.75) is 50.4 Å². The molecule has 0 spiro atoms. The second kappa shape index (κ2) is 11.9. The zero-order valence-corrected chi connectivity index (χ0v) is 24.0. The van der Waals surface area contributed by atoms with E-state index < -0.39 is 65.8 Å². The van der Waals surface area contributed by atoms with E-state index in [1.807, 2.05) is 18.9 Å². The van der Waals surface area contributed by atoms with Crippen molar-refractivity contribution >= 4 is 28.9 Å². The van der Waals surface area contributed by atoms with Crippen LogP contribution >= 0.6 is 0 Å². The van der Waals surface area contributed by atoms with Crippen molar-refractivity contribution < 1.29 is 45.1 Å². The molecule has 0 aromatic heterocycles. The van der Waals surface area contributed by atoms with Crippen molar-refractivity contribution in [3.8, 4) is 0 Å². The molecule has 0 radical (unpaired) electrons. The highest BCUT2D eigenvalue weighted by Crippen LogP contribution is 2.40. The minimum absolute atomic E-state index is 0.00551. The van der Waals surface area contributed by atoms with Crippen LogP contribution in [0.1, 0.15) is 47.7 Å². The molecule has 14 heteroatoms. The molecular weight excluding hydrogens is 597 g/mol. The summed E-state index contributed by atoms with van der Waals surface area (Å²) >= 11 is 0. The summed E-state index contributed by atoms with van der Waals surface area (Å²) in [5, 5.41) is 2.48. The number of carbonyl (C=O) groups excluding carboxylic acids is 2. The Labute approximate surface area is 249 Å². The van der Waals surface area contributed by atoms with Crippen LogP contribution in [0.15, 0.2) is 36.4 Å². The Balaban J connectivity index is 1.45.